The van der Waals surface area contributed by atoms with Gasteiger partial charge in [0.15, 0.2) is 5.96 Å². The van der Waals surface area contributed by atoms with E-state index in [2.05, 4.69) is 16.0 Å². The highest BCUT2D eigenvalue weighted by Gasteiger charge is 2.25. The van der Waals surface area contributed by atoms with E-state index in [4.69, 9.17) is 14.9 Å². The van der Waals surface area contributed by atoms with E-state index in [0.717, 1.165) is 16.9 Å². The van der Waals surface area contributed by atoms with Crippen LogP contribution in [0.5, 0.6) is 5.75 Å². The van der Waals surface area contributed by atoms with Crippen molar-refractivity contribution in [3.05, 3.63) is 29.3 Å². The van der Waals surface area contributed by atoms with E-state index in [-0.39, 0.29) is 17.9 Å². The Morgan fingerprint density at radius 3 is 2.27 bits per heavy atom. The molecule has 2 amide bonds. The van der Waals surface area contributed by atoms with Crippen LogP contribution in [-0.2, 0) is 9.53 Å². The third-order valence-corrected chi connectivity index (χ3v) is 4.69. The van der Waals surface area contributed by atoms with Gasteiger partial charge in [-0.1, -0.05) is 18.2 Å². The van der Waals surface area contributed by atoms with E-state index < -0.39 is 17.7 Å². The van der Waals surface area contributed by atoms with Gasteiger partial charge in [0.1, 0.15) is 24.0 Å². The smallest absolute Gasteiger partial charge is 0.408 e. The van der Waals surface area contributed by atoms with Gasteiger partial charge in [0.2, 0.25) is 5.91 Å². The van der Waals surface area contributed by atoms with Crippen molar-refractivity contribution in [1.29, 1.82) is 5.41 Å². The molecule has 9 nitrogen and oxygen atoms in total. The first kappa shape index (κ1) is 28.1. The fourth-order valence-electron chi connectivity index (χ4n) is 3.01. The molecule has 0 aliphatic carbocycles. The van der Waals surface area contributed by atoms with E-state index >= 15 is 0 Å². The van der Waals surface area contributed by atoms with Crippen LogP contribution in [0.2, 0.25) is 0 Å². The summed E-state index contributed by atoms with van der Waals surface area (Å²) in [6, 6.07) is 4.91. The molecular weight excluding hydrogens is 422 g/mol. The van der Waals surface area contributed by atoms with Gasteiger partial charge in [0.05, 0.1) is 6.04 Å². The lowest BCUT2D eigenvalue weighted by atomic mass is 10.1. The van der Waals surface area contributed by atoms with Crippen molar-refractivity contribution in [2.24, 2.45) is 0 Å². The summed E-state index contributed by atoms with van der Waals surface area (Å²) < 4.78 is 11.3. The molecule has 0 radical (unpaired) electrons. The molecule has 0 heterocycles. The van der Waals surface area contributed by atoms with Gasteiger partial charge in [-0.05, 0) is 65.5 Å². The molecule has 1 rings (SSSR count). The minimum absolute atomic E-state index is 0.264. The number of hydrogen-bond donors (Lipinski definition) is 4. The largest absolute Gasteiger partial charge is 0.491 e. The van der Waals surface area contributed by atoms with Gasteiger partial charge >= 0.3 is 6.09 Å². The number of benzene rings is 1. The summed E-state index contributed by atoms with van der Waals surface area (Å²) in [7, 11) is 3.55. The number of alkyl carbamates (subject to hydrolysis) is 1. The monoisotopic (exact) mass is 463 g/mol. The lowest BCUT2D eigenvalue weighted by Crippen LogP contribution is -2.51. The maximum atomic E-state index is 12.9. The zero-order valence-corrected chi connectivity index (χ0v) is 21.3. The first-order valence-electron chi connectivity index (χ1n) is 11.3. The standard InChI is InChI=1S/C24H41N5O4/c1-16-11-9-12-17(2)20(16)32-15-18(3)27-21(30)19(28-23(31)33-24(4,5)6)13-10-14-26-22(25)29(7)8/h9,11-12,18-19H,10,13-15H2,1-8H3,(H2,25,26)(H,27,30)(H,28,31)/t18?,19-/m0/s1. The Hall–Kier alpha value is -2.97. The maximum absolute atomic E-state index is 12.9. The average molecular weight is 464 g/mol. The number of rotatable bonds is 10. The Labute approximate surface area is 198 Å². The number of hydrogen-bond acceptors (Lipinski definition) is 5. The Morgan fingerprint density at radius 2 is 1.73 bits per heavy atom. The average Bonchev–Trinajstić information content (AvgIpc) is 2.68. The van der Waals surface area contributed by atoms with Gasteiger partial charge in [-0.15, -0.1) is 0 Å². The van der Waals surface area contributed by atoms with Crippen LogP contribution >= 0.6 is 0 Å². The molecular formula is C24H41N5O4. The van der Waals surface area contributed by atoms with Crippen molar-refractivity contribution in [3.63, 3.8) is 0 Å². The van der Waals surface area contributed by atoms with Crippen LogP contribution in [0.3, 0.4) is 0 Å². The zero-order valence-electron chi connectivity index (χ0n) is 21.3. The number of carbonyl (C=O) groups excluding carboxylic acids is 2. The van der Waals surface area contributed by atoms with Crippen LogP contribution in [0.15, 0.2) is 18.2 Å². The Kier molecular flexibility index (Phi) is 11.0. The van der Waals surface area contributed by atoms with Gasteiger partial charge in [-0.3, -0.25) is 10.2 Å². The number of amides is 2. The van der Waals surface area contributed by atoms with Crippen molar-refractivity contribution in [3.8, 4) is 5.75 Å². The van der Waals surface area contributed by atoms with Gasteiger partial charge in [0, 0.05) is 20.6 Å². The molecule has 0 aliphatic heterocycles. The summed E-state index contributed by atoms with van der Waals surface area (Å²) in [5, 5.41) is 16.4. The number of para-hydroxylation sites is 1. The van der Waals surface area contributed by atoms with Gasteiger partial charge in [0.25, 0.3) is 0 Å². The molecule has 1 unspecified atom stereocenters. The first-order chi connectivity index (χ1) is 15.3. The minimum Gasteiger partial charge on any atom is -0.491 e. The number of guanidine groups is 1. The van der Waals surface area contributed by atoms with Crippen LogP contribution in [0.4, 0.5) is 4.79 Å². The van der Waals surface area contributed by atoms with Crippen molar-refractivity contribution >= 4 is 18.0 Å². The number of carbonyl (C=O) groups is 2. The summed E-state index contributed by atoms with van der Waals surface area (Å²) in [5.74, 6) is 0.797. The molecule has 1 aromatic rings. The minimum atomic E-state index is -0.766. The maximum Gasteiger partial charge on any atom is 0.408 e. The molecule has 0 spiro atoms. The molecule has 0 saturated carbocycles. The molecule has 1 aromatic carbocycles. The molecule has 186 valence electrons. The highest BCUT2D eigenvalue weighted by molar-refractivity contribution is 5.85. The first-order valence-corrected chi connectivity index (χ1v) is 11.3. The highest BCUT2D eigenvalue weighted by Crippen LogP contribution is 2.22. The van der Waals surface area contributed by atoms with Gasteiger partial charge in [-0.2, -0.15) is 0 Å². The van der Waals surface area contributed by atoms with Crippen LogP contribution < -0.4 is 20.7 Å². The molecule has 0 saturated heterocycles. The fourth-order valence-corrected chi connectivity index (χ4v) is 3.01. The number of ether oxygens (including phenoxy) is 2. The fraction of sp³-hybridized carbons (Fsp3) is 0.625. The second kappa shape index (κ2) is 12.9. The highest BCUT2D eigenvalue weighted by atomic mass is 16.6. The number of nitrogens with one attached hydrogen (secondary N) is 4. The summed E-state index contributed by atoms with van der Waals surface area (Å²) >= 11 is 0. The van der Waals surface area contributed by atoms with E-state index in [1.807, 2.05) is 39.0 Å². The lowest BCUT2D eigenvalue weighted by molar-refractivity contribution is -0.124. The van der Waals surface area contributed by atoms with Crippen molar-refractivity contribution in [2.75, 3.05) is 27.2 Å². The summed E-state index contributed by atoms with van der Waals surface area (Å²) in [5.41, 5.74) is 1.41. The Morgan fingerprint density at radius 1 is 1.12 bits per heavy atom. The molecule has 0 aliphatic rings. The molecule has 33 heavy (non-hydrogen) atoms. The van der Waals surface area contributed by atoms with E-state index in [0.29, 0.717) is 26.0 Å². The van der Waals surface area contributed by atoms with Crippen LogP contribution in [-0.4, -0.2) is 67.8 Å². The summed E-state index contributed by atoms with van der Waals surface area (Å²) in [6.07, 6.45) is 0.330. The molecule has 0 bridgehead atoms. The second-order valence-electron chi connectivity index (χ2n) is 9.45. The van der Waals surface area contributed by atoms with Crippen LogP contribution in [0.1, 0.15) is 51.7 Å². The molecule has 0 aromatic heterocycles. The molecule has 2 atom stereocenters. The van der Waals surface area contributed by atoms with Crippen LogP contribution in [0.25, 0.3) is 0 Å². The number of nitrogens with zero attached hydrogens (tertiary/aromatic N) is 1. The van der Waals surface area contributed by atoms with Gasteiger partial charge in [-0.25, -0.2) is 4.79 Å². The van der Waals surface area contributed by atoms with E-state index in [1.165, 1.54) is 0 Å². The lowest BCUT2D eigenvalue weighted by Gasteiger charge is -2.25. The quantitative estimate of drug-likeness (QED) is 0.241. The molecule has 4 N–H and O–H groups in total. The summed E-state index contributed by atoms with van der Waals surface area (Å²) in [6.45, 7) is 11.9. The van der Waals surface area contributed by atoms with Crippen molar-refractivity contribution in [2.45, 2.75) is 72.1 Å². The predicted octanol–water partition coefficient (Wildman–Crippen LogP) is 2.95. The second-order valence-corrected chi connectivity index (χ2v) is 9.45. The Bertz CT molecular complexity index is 784. The van der Waals surface area contributed by atoms with E-state index in [1.54, 1.807) is 39.8 Å². The number of aryl methyl sites for hydroxylation is 2. The predicted molar refractivity (Wildman–Crippen MR) is 131 cm³/mol. The molecule has 9 heteroatoms. The van der Waals surface area contributed by atoms with Crippen LogP contribution in [0, 0.1) is 19.3 Å². The zero-order chi connectivity index (χ0) is 25.2. The van der Waals surface area contributed by atoms with Crippen molar-refractivity contribution < 1.29 is 19.1 Å². The third kappa shape index (κ3) is 10.9. The summed E-state index contributed by atoms with van der Waals surface area (Å²) in [4.78, 5) is 26.9. The SMILES string of the molecule is Cc1cccc(C)c1OCC(C)NC(=O)[C@H](CCCNC(=N)N(C)C)NC(=O)OC(C)(C)C. The van der Waals surface area contributed by atoms with Crippen molar-refractivity contribution in [1.82, 2.24) is 20.9 Å². The topological polar surface area (TPSA) is 116 Å². The van der Waals surface area contributed by atoms with Gasteiger partial charge < -0.3 is 30.3 Å². The Balaban J connectivity index is 2.69. The third-order valence-electron chi connectivity index (χ3n) is 4.69. The van der Waals surface area contributed by atoms with E-state index in [9.17, 15) is 9.59 Å². The molecule has 0 fully saturated rings. The normalized spacial score (nSPS) is 12.8.